The van der Waals surface area contributed by atoms with E-state index in [9.17, 15) is 9.59 Å². The second-order valence-corrected chi connectivity index (χ2v) is 7.89. The van der Waals surface area contributed by atoms with Gasteiger partial charge in [-0.1, -0.05) is 30.3 Å². The number of ketones is 1. The van der Waals surface area contributed by atoms with Crippen molar-refractivity contribution in [3.05, 3.63) is 70.6 Å². The number of aromatic nitrogens is 2. The Labute approximate surface area is 160 Å². The zero-order chi connectivity index (χ0) is 19.0. The number of primary amides is 1. The minimum Gasteiger partial charge on any atom is -0.390 e. The van der Waals surface area contributed by atoms with Crippen molar-refractivity contribution < 1.29 is 9.59 Å². The summed E-state index contributed by atoms with van der Waals surface area (Å²) in [5.74, 6) is -0.539. The predicted molar refractivity (Wildman–Crippen MR) is 105 cm³/mol. The van der Waals surface area contributed by atoms with Gasteiger partial charge in [-0.3, -0.25) is 9.59 Å². The van der Waals surface area contributed by atoms with Crippen LogP contribution in [0.25, 0.3) is 0 Å². The van der Waals surface area contributed by atoms with Crippen molar-refractivity contribution >= 4 is 28.0 Å². The first-order valence-corrected chi connectivity index (χ1v) is 9.61. The molecule has 3 aromatic rings. The summed E-state index contributed by atoms with van der Waals surface area (Å²) in [5, 5.41) is 0.333. The lowest BCUT2D eigenvalue weighted by Crippen LogP contribution is -2.41. The maximum atomic E-state index is 13.7. The number of carbonyl (C=O) groups is 2. The Morgan fingerprint density at radius 2 is 2.07 bits per heavy atom. The molecule has 7 heteroatoms. The molecule has 4 rings (SSSR count). The molecular weight excluding hydrogens is 360 g/mol. The third kappa shape index (κ3) is 2.84. The van der Waals surface area contributed by atoms with Crippen LogP contribution in [0.3, 0.4) is 0 Å². The van der Waals surface area contributed by atoms with Crippen LogP contribution in [-0.4, -0.2) is 21.2 Å². The highest BCUT2D eigenvalue weighted by Crippen LogP contribution is 2.46. The molecule has 2 aromatic heterocycles. The number of nitrogen functional groups attached to an aromatic ring is 1. The molecule has 1 atom stereocenters. The zero-order valence-corrected chi connectivity index (χ0v) is 15.5. The van der Waals surface area contributed by atoms with Crippen molar-refractivity contribution in [2.45, 2.75) is 31.2 Å². The van der Waals surface area contributed by atoms with Gasteiger partial charge >= 0.3 is 0 Å². The molecule has 1 aliphatic rings. The number of Topliss-reactive ketones (excluding diaryl/α,β-unsaturated/α-hetero) is 1. The van der Waals surface area contributed by atoms with E-state index in [1.807, 2.05) is 41.1 Å². The average molecular weight is 380 g/mol. The molecule has 0 radical (unpaired) electrons. The van der Waals surface area contributed by atoms with Gasteiger partial charge in [0, 0.05) is 18.9 Å². The van der Waals surface area contributed by atoms with Gasteiger partial charge in [0.15, 0.2) is 5.78 Å². The summed E-state index contributed by atoms with van der Waals surface area (Å²) < 4.78 is 1.98. The molecule has 0 aliphatic heterocycles. The number of nitrogens with two attached hydrogens (primary N) is 2. The van der Waals surface area contributed by atoms with Crippen LogP contribution < -0.4 is 11.5 Å². The van der Waals surface area contributed by atoms with E-state index in [1.54, 1.807) is 12.5 Å². The summed E-state index contributed by atoms with van der Waals surface area (Å²) >= 11 is 1.18. The molecule has 0 fully saturated rings. The Kier molecular flexibility index (Phi) is 4.31. The number of aryl methyl sites for hydroxylation is 1. The Morgan fingerprint density at radius 1 is 1.30 bits per heavy atom. The van der Waals surface area contributed by atoms with E-state index < -0.39 is 11.3 Å². The van der Waals surface area contributed by atoms with Crippen molar-refractivity contribution in [2.75, 3.05) is 5.73 Å². The molecule has 2 heterocycles. The number of nitrogens with zero attached hydrogens (tertiary/aromatic N) is 2. The number of amides is 1. The van der Waals surface area contributed by atoms with Gasteiger partial charge in [0.05, 0.1) is 27.2 Å². The lowest BCUT2D eigenvalue weighted by molar-refractivity contribution is 0.0849. The SMILES string of the molecule is NC(=O)c1c(N)sc2c1CCC(CCn1ccnc1)(c1ccccc1)C2=O. The van der Waals surface area contributed by atoms with E-state index in [0.717, 1.165) is 5.56 Å². The van der Waals surface area contributed by atoms with E-state index in [4.69, 9.17) is 11.5 Å². The molecular formula is C20H20N4O2S. The lowest BCUT2D eigenvalue weighted by atomic mass is 9.66. The number of imidazole rings is 1. The number of hydrogen-bond acceptors (Lipinski definition) is 5. The van der Waals surface area contributed by atoms with Crippen LogP contribution in [0.4, 0.5) is 5.00 Å². The van der Waals surface area contributed by atoms with Crippen LogP contribution in [0.2, 0.25) is 0 Å². The number of fused-ring (bicyclic) bond motifs is 1. The Balaban J connectivity index is 1.79. The molecule has 0 saturated carbocycles. The van der Waals surface area contributed by atoms with Crippen molar-refractivity contribution in [2.24, 2.45) is 5.73 Å². The largest absolute Gasteiger partial charge is 0.390 e. The summed E-state index contributed by atoms with van der Waals surface area (Å²) in [6, 6.07) is 9.86. The second kappa shape index (κ2) is 6.66. The summed E-state index contributed by atoms with van der Waals surface area (Å²) in [6.07, 6.45) is 7.25. The summed E-state index contributed by atoms with van der Waals surface area (Å²) in [5.41, 5.74) is 12.9. The molecule has 4 N–H and O–H groups in total. The first-order valence-electron chi connectivity index (χ1n) is 8.80. The van der Waals surface area contributed by atoms with Gasteiger partial charge in [-0.05, 0) is 30.4 Å². The average Bonchev–Trinajstić information content (AvgIpc) is 3.29. The standard InChI is InChI=1S/C20H20N4O2S/c21-18(26)15-14-6-7-20(13-4-2-1-3-5-13,8-10-24-11-9-23-12-24)17(25)16(14)27-19(15)22/h1-5,9,11-12H,6-8,10,22H2,(H2,21,26). The van der Waals surface area contributed by atoms with E-state index >= 15 is 0 Å². The molecule has 6 nitrogen and oxygen atoms in total. The van der Waals surface area contributed by atoms with E-state index in [2.05, 4.69) is 4.98 Å². The minimum atomic E-state index is -0.648. The number of benzene rings is 1. The number of hydrogen-bond donors (Lipinski definition) is 2. The Bertz CT molecular complexity index is 995. The van der Waals surface area contributed by atoms with E-state index in [0.29, 0.717) is 46.8 Å². The molecule has 0 saturated heterocycles. The predicted octanol–water partition coefficient (Wildman–Crippen LogP) is 2.78. The van der Waals surface area contributed by atoms with Crippen molar-refractivity contribution in [1.29, 1.82) is 0 Å². The van der Waals surface area contributed by atoms with Crippen LogP contribution >= 0.6 is 11.3 Å². The smallest absolute Gasteiger partial charge is 0.251 e. The van der Waals surface area contributed by atoms with Crippen LogP contribution in [0.1, 0.15) is 44.0 Å². The minimum absolute atomic E-state index is 0.0271. The number of carbonyl (C=O) groups excluding carboxylic acids is 2. The maximum Gasteiger partial charge on any atom is 0.251 e. The maximum absolute atomic E-state index is 13.7. The normalized spacial score (nSPS) is 19.0. The molecule has 138 valence electrons. The molecule has 0 bridgehead atoms. The van der Waals surface area contributed by atoms with Gasteiger partial charge < -0.3 is 16.0 Å². The Morgan fingerprint density at radius 3 is 2.74 bits per heavy atom. The highest BCUT2D eigenvalue weighted by molar-refractivity contribution is 7.18. The van der Waals surface area contributed by atoms with Gasteiger partial charge in [-0.15, -0.1) is 11.3 Å². The van der Waals surface area contributed by atoms with Gasteiger partial charge in [-0.25, -0.2) is 4.98 Å². The van der Waals surface area contributed by atoms with Gasteiger partial charge in [0.25, 0.3) is 5.91 Å². The number of rotatable bonds is 5. The fourth-order valence-corrected chi connectivity index (χ4v) is 5.16. The van der Waals surface area contributed by atoms with Crippen LogP contribution in [0.15, 0.2) is 49.1 Å². The Hall–Kier alpha value is -2.93. The second-order valence-electron chi connectivity index (χ2n) is 6.84. The molecule has 1 aliphatic carbocycles. The number of thiophene rings is 1. The van der Waals surface area contributed by atoms with Crippen molar-refractivity contribution in [1.82, 2.24) is 9.55 Å². The zero-order valence-electron chi connectivity index (χ0n) is 14.7. The number of anilines is 1. The van der Waals surface area contributed by atoms with Crippen LogP contribution in [0, 0.1) is 0 Å². The quantitative estimate of drug-likeness (QED) is 0.710. The lowest BCUT2D eigenvalue weighted by Gasteiger charge is -2.36. The topological polar surface area (TPSA) is 104 Å². The highest BCUT2D eigenvalue weighted by Gasteiger charge is 2.46. The monoisotopic (exact) mass is 380 g/mol. The van der Waals surface area contributed by atoms with E-state index in [-0.39, 0.29) is 5.78 Å². The van der Waals surface area contributed by atoms with Crippen molar-refractivity contribution in [3.8, 4) is 0 Å². The van der Waals surface area contributed by atoms with Crippen LogP contribution in [0.5, 0.6) is 0 Å². The van der Waals surface area contributed by atoms with Gasteiger partial charge in [-0.2, -0.15) is 0 Å². The summed E-state index contributed by atoms with van der Waals surface area (Å²) in [4.78, 5) is 30.1. The fourth-order valence-electron chi connectivity index (χ4n) is 4.00. The van der Waals surface area contributed by atoms with Gasteiger partial charge in [0.1, 0.15) is 0 Å². The highest BCUT2D eigenvalue weighted by atomic mass is 32.1. The van der Waals surface area contributed by atoms with Crippen molar-refractivity contribution in [3.63, 3.8) is 0 Å². The third-order valence-electron chi connectivity index (χ3n) is 5.41. The molecule has 0 spiro atoms. The van der Waals surface area contributed by atoms with Gasteiger partial charge in [0.2, 0.25) is 0 Å². The first-order chi connectivity index (χ1) is 13.0. The van der Waals surface area contributed by atoms with E-state index in [1.165, 1.54) is 11.3 Å². The molecule has 27 heavy (non-hydrogen) atoms. The van der Waals surface area contributed by atoms with Crippen LogP contribution in [-0.2, 0) is 18.4 Å². The molecule has 1 unspecified atom stereocenters. The fraction of sp³-hybridized carbons (Fsp3) is 0.250. The first kappa shape index (κ1) is 17.5. The molecule has 1 aromatic carbocycles. The summed E-state index contributed by atoms with van der Waals surface area (Å²) in [6.45, 7) is 0.680. The third-order valence-corrected chi connectivity index (χ3v) is 6.47. The summed E-state index contributed by atoms with van der Waals surface area (Å²) in [7, 11) is 0. The molecule has 1 amide bonds.